The highest BCUT2D eigenvalue weighted by Gasteiger charge is 2.14. The average molecular weight is 259 g/mol. The predicted octanol–water partition coefficient (Wildman–Crippen LogP) is 1.72. The number of rotatable bonds is 2. The molecule has 0 saturated heterocycles. The molecule has 0 atom stereocenters. The molecule has 0 aliphatic carbocycles. The fourth-order valence-corrected chi connectivity index (χ4v) is 1.33. The monoisotopic (exact) mass is 258 g/mol. The Balaban J connectivity index is 3.19. The van der Waals surface area contributed by atoms with Crippen molar-refractivity contribution in [2.45, 2.75) is 0 Å². The van der Waals surface area contributed by atoms with Crippen LogP contribution in [0.25, 0.3) is 0 Å². The highest BCUT2D eigenvalue weighted by Crippen LogP contribution is 2.25. The Morgan fingerprint density at radius 2 is 2.21 bits per heavy atom. The minimum absolute atomic E-state index is 0.119. The van der Waals surface area contributed by atoms with Gasteiger partial charge < -0.3 is 5.32 Å². The number of benzene rings is 1. The van der Waals surface area contributed by atoms with Crippen molar-refractivity contribution in [3.8, 4) is 0 Å². The first-order chi connectivity index (χ1) is 6.56. The van der Waals surface area contributed by atoms with E-state index in [4.69, 9.17) is 0 Å². The lowest BCUT2D eigenvalue weighted by Crippen LogP contribution is -2.17. The molecule has 0 bridgehead atoms. The average Bonchev–Trinajstić information content (AvgIpc) is 2.17. The molecule has 0 aliphatic rings. The van der Waals surface area contributed by atoms with Gasteiger partial charge in [-0.1, -0.05) is 0 Å². The van der Waals surface area contributed by atoms with Crippen molar-refractivity contribution in [2.75, 3.05) is 7.05 Å². The van der Waals surface area contributed by atoms with Crippen LogP contribution in [0.1, 0.15) is 10.4 Å². The maximum absolute atomic E-state index is 11.2. The van der Waals surface area contributed by atoms with E-state index in [0.717, 1.165) is 0 Å². The Kier molecular flexibility index (Phi) is 3.19. The summed E-state index contributed by atoms with van der Waals surface area (Å²) < 4.78 is 0.357. The molecule has 5 nitrogen and oxygen atoms in total. The standard InChI is InChI=1S/C8H7BrN2O3/c1-10-8(12)5-2-3-6(9)7(4-5)11(13)14/h2-4H,1H3,(H,10,12). The Hall–Kier alpha value is -1.43. The van der Waals surface area contributed by atoms with E-state index in [9.17, 15) is 14.9 Å². The summed E-state index contributed by atoms with van der Waals surface area (Å²) in [5.41, 5.74) is 0.147. The molecule has 0 saturated carbocycles. The Morgan fingerprint density at radius 3 is 2.71 bits per heavy atom. The van der Waals surface area contributed by atoms with Gasteiger partial charge in [0, 0.05) is 18.7 Å². The number of nitrogens with one attached hydrogen (secondary N) is 1. The first-order valence-electron chi connectivity index (χ1n) is 3.72. The van der Waals surface area contributed by atoms with Gasteiger partial charge >= 0.3 is 0 Å². The fourth-order valence-electron chi connectivity index (χ4n) is 0.938. The van der Waals surface area contributed by atoms with Gasteiger partial charge in [-0.15, -0.1) is 0 Å². The van der Waals surface area contributed by atoms with Crippen molar-refractivity contribution >= 4 is 27.5 Å². The van der Waals surface area contributed by atoms with E-state index in [0.29, 0.717) is 4.47 Å². The lowest BCUT2D eigenvalue weighted by Gasteiger charge is -2.00. The summed E-state index contributed by atoms with van der Waals surface area (Å²) in [5.74, 6) is -0.347. The number of nitro benzene ring substituents is 1. The van der Waals surface area contributed by atoms with Crippen LogP contribution in [0.2, 0.25) is 0 Å². The summed E-state index contributed by atoms with van der Waals surface area (Å²) >= 11 is 3.03. The summed E-state index contributed by atoms with van der Waals surface area (Å²) in [7, 11) is 1.47. The maximum atomic E-state index is 11.2. The smallest absolute Gasteiger partial charge is 0.284 e. The van der Waals surface area contributed by atoms with Gasteiger partial charge in [0.25, 0.3) is 11.6 Å². The number of hydrogen-bond acceptors (Lipinski definition) is 3. The molecule has 1 aromatic carbocycles. The largest absolute Gasteiger partial charge is 0.355 e. The molecule has 0 aliphatic heterocycles. The number of hydrogen-bond donors (Lipinski definition) is 1. The molecule has 0 radical (unpaired) electrons. The molecule has 1 rings (SSSR count). The molecular weight excluding hydrogens is 252 g/mol. The van der Waals surface area contributed by atoms with Crippen LogP contribution in [0.4, 0.5) is 5.69 Å². The van der Waals surface area contributed by atoms with Crippen LogP contribution in [0, 0.1) is 10.1 Å². The molecule has 0 fully saturated rings. The third kappa shape index (κ3) is 2.08. The normalized spacial score (nSPS) is 9.57. The molecule has 0 unspecified atom stereocenters. The van der Waals surface area contributed by atoms with E-state index in [2.05, 4.69) is 21.2 Å². The van der Waals surface area contributed by atoms with Crippen LogP contribution in [0.15, 0.2) is 22.7 Å². The molecule has 6 heteroatoms. The minimum Gasteiger partial charge on any atom is -0.355 e. The van der Waals surface area contributed by atoms with Crippen LogP contribution >= 0.6 is 15.9 Å². The quantitative estimate of drug-likeness (QED) is 0.649. The summed E-state index contributed by atoms with van der Waals surface area (Å²) in [4.78, 5) is 21.1. The molecule has 14 heavy (non-hydrogen) atoms. The number of nitrogens with zero attached hydrogens (tertiary/aromatic N) is 1. The van der Waals surface area contributed by atoms with Crippen molar-refractivity contribution in [2.24, 2.45) is 0 Å². The SMILES string of the molecule is CNC(=O)c1ccc(Br)c([N+](=O)[O-])c1. The zero-order valence-electron chi connectivity index (χ0n) is 7.28. The van der Waals surface area contributed by atoms with Gasteiger partial charge in [-0.3, -0.25) is 14.9 Å². The molecule has 1 aromatic rings. The molecule has 0 heterocycles. The van der Waals surface area contributed by atoms with Gasteiger partial charge in [-0.05, 0) is 28.1 Å². The molecule has 1 N–H and O–H groups in total. The molecular formula is C8H7BrN2O3. The number of carbonyl (C=O) groups excluding carboxylic acids is 1. The van der Waals surface area contributed by atoms with Crippen LogP contribution in [0.5, 0.6) is 0 Å². The van der Waals surface area contributed by atoms with Crippen LogP contribution in [0.3, 0.4) is 0 Å². The Labute approximate surface area is 88.4 Å². The van der Waals surface area contributed by atoms with E-state index in [1.165, 1.54) is 25.2 Å². The van der Waals surface area contributed by atoms with Gasteiger partial charge in [0.1, 0.15) is 0 Å². The minimum atomic E-state index is -0.545. The van der Waals surface area contributed by atoms with Crippen molar-refractivity contribution in [3.63, 3.8) is 0 Å². The van der Waals surface area contributed by atoms with E-state index < -0.39 is 4.92 Å². The second-order valence-corrected chi connectivity index (χ2v) is 3.36. The molecule has 0 aromatic heterocycles. The second-order valence-electron chi connectivity index (χ2n) is 2.50. The van der Waals surface area contributed by atoms with Crippen LogP contribution in [-0.2, 0) is 0 Å². The number of halogens is 1. The summed E-state index contributed by atoms with van der Waals surface area (Å²) in [5, 5.41) is 12.9. The van der Waals surface area contributed by atoms with Crippen molar-refractivity contribution < 1.29 is 9.72 Å². The van der Waals surface area contributed by atoms with Crippen molar-refractivity contribution in [3.05, 3.63) is 38.3 Å². The Bertz CT molecular complexity index is 392. The van der Waals surface area contributed by atoms with Crippen molar-refractivity contribution in [1.29, 1.82) is 0 Å². The fraction of sp³-hybridized carbons (Fsp3) is 0.125. The highest BCUT2D eigenvalue weighted by atomic mass is 79.9. The van der Waals surface area contributed by atoms with Gasteiger partial charge in [-0.2, -0.15) is 0 Å². The number of nitro groups is 1. The first-order valence-corrected chi connectivity index (χ1v) is 4.51. The zero-order valence-corrected chi connectivity index (χ0v) is 8.87. The van der Waals surface area contributed by atoms with Gasteiger partial charge in [0.05, 0.1) is 9.40 Å². The second kappa shape index (κ2) is 4.19. The van der Waals surface area contributed by atoms with Gasteiger partial charge in [0.15, 0.2) is 0 Å². The van der Waals surface area contributed by atoms with E-state index in [-0.39, 0.29) is 17.2 Å². The lowest BCUT2D eigenvalue weighted by atomic mass is 10.2. The predicted molar refractivity (Wildman–Crippen MR) is 54.2 cm³/mol. The molecule has 0 spiro atoms. The molecule has 74 valence electrons. The summed E-state index contributed by atoms with van der Waals surface area (Å²) in [6, 6.07) is 4.21. The summed E-state index contributed by atoms with van der Waals surface area (Å²) in [6.07, 6.45) is 0. The number of carbonyl (C=O) groups is 1. The highest BCUT2D eigenvalue weighted by molar-refractivity contribution is 9.10. The van der Waals surface area contributed by atoms with E-state index in [1.807, 2.05) is 0 Å². The summed E-state index contributed by atoms with van der Waals surface area (Å²) in [6.45, 7) is 0. The van der Waals surface area contributed by atoms with Gasteiger partial charge in [-0.25, -0.2) is 0 Å². The first kappa shape index (κ1) is 10.6. The third-order valence-electron chi connectivity index (χ3n) is 1.63. The van der Waals surface area contributed by atoms with E-state index in [1.54, 1.807) is 0 Å². The maximum Gasteiger partial charge on any atom is 0.284 e. The van der Waals surface area contributed by atoms with Crippen LogP contribution < -0.4 is 5.32 Å². The van der Waals surface area contributed by atoms with Crippen molar-refractivity contribution in [1.82, 2.24) is 5.32 Å². The van der Waals surface area contributed by atoms with E-state index >= 15 is 0 Å². The zero-order chi connectivity index (χ0) is 10.7. The lowest BCUT2D eigenvalue weighted by molar-refractivity contribution is -0.385. The topological polar surface area (TPSA) is 72.2 Å². The number of amides is 1. The third-order valence-corrected chi connectivity index (χ3v) is 2.30. The van der Waals surface area contributed by atoms with Crippen LogP contribution in [-0.4, -0.2) is 17.9 Å². The molecule has 1 amide bonds. The van der Waals surface area contributed by atoms with Gasteiger partial charge in [0.2, 0.25) is 0 Å². The Morgan fingerprint density at radius 1 is 1.57 bits per heavy atom.